The predicted octanol–water partition coefficient (Wildman–Crippen LogP) is 2.68. The van der Waals surface area contributed by atoms with Crippen LogP contribution >= 0.6 is 0 Å². The third-order valence-corrected chi connectivity index (χ3v) is 3.70. The van der Waals surface area contributed by atoms with E-state index in [-0.39, 0.29) is 13.2 Å². The number of imide groups is 1. The van der Waals surface area contributed by atoms with Crippen molar-refractivity contribution in [3.63, 3.8) is 0 Å². The summed E-state index contributed by atoms with van der Waals surface area (Å²) in [7, 11) is 0. The second-order valence-electron chi connectivity index (χ2n) is 5.36. The van der Waals surface area contributed by atoms with E-state index < -0.39 is 23.6 Å². The number of fused-ring (bicyclic) bond motifs is 1. The smallest absolute Gasteiger partial charge is 0.330 e. The Hall–Kier alpha value is -3.28. The van der Waals surface area contributed by atoms with E-state index in [1.165, 1.54) is 24.3 Å². The maximum atomic E-state index is 13.0. The summed E-state index contributed by atoms with van der Waals surface area (Å²) in [6, 6.07) is 12.3. The Kier molecular flexibility index (Phi) is 4.70. The van der Waals surface area contributed by atoms with Crippen molar-refractivity contribution >= 4 is 23.9 Å². The van der Waals surface area contributed by atoms with Crippen LogP contribution in [0.1, 0.15) is 26.3 Å². The van der Waals surface area contributed by atoms with Gasteiger partial charge in [0, 0.05) is 6.08 Å². The molecule has 1 aliphatic heterocycles. The van der Waals surface area contributed by atoms with Crippen LogP contribution in [0.25, 0.3) is 6.08 Å². The first-order valence-electron chi connectivity index (χ1n) is 7.62. The minimum atomic E-state index is -0.638. The molecule has 0 fully saturated rings. The third kappa shape index (κ3) is 3.63. The quantitative estimate of drug-likeness (QED) is 0.477. The highest BCUT2D eigenvalue weighted by atomic mass is 19.1. The molecule has 0 unspecified atom stereocenters. The number of rotatable bonds is 5. The van der Waals surface area contributed by atoms with Crippen molar-refractivity contribution in [3.05, 3.63) is 77.1 Å². The largest absolute Gasteiger partial charge is 0.461 e. The summed E-state index contributed by atoms with van der Waals surface area (Å²) in [5.74, 6) is -1.83. The van der Waals surface area contributed by atoms with Crippen LogP contribution in [0.2, 0.25) is 0 Å². The highest BCUT2D eigenvalue weighted by molar-refractivity contribution is 6.21. The molecule has 0 bridgehead atoms. The highest BCUT2D eigenvalue weighted by Gasteiger charge is 2.34. The van der Waals surface area contributed by atoms with Gasteiger partial charge in [-0.2, -0.15) is 0 Å². The molecule has 2 amide bonds. The standard InChI is InChI=1S/C19H14FNO4/c20-14-5-3-4-13(12-14)8-9-17(22)25-11-10-21-18(23)15-6-1-2-7-16(15)19(21)24/h1-9,12H,10-11H2. The minimum absolute atomic E-state index is 0.0219. The van der Waals surface area contributed by atoms with Crippen molar-refractivity contribution in [2.24, 2.45) is 0 Å². The molecule has 6 heteroatoms. The molecule has 0 spiro atoms. The van der Waals surface area contributed by atoms with Crippen LogP contribution in [0, 0.1) is 5.82 Å². The van der Waals surface area contributed by atoms with Crippen LogP contribution < -0.4 is 0 Å². The van der Waals surface area contributed by atoms with Crippen molar-refractivity contribution in [1.82, 2.24) is 4.90 Å². The molecule has 126 valence electrons. The Morgan fingerprint density at radius 1 is 1.04 bits per heavy atom. The molecule has 5 nitrogen and oxygen atoms in total. The van der Waals surface area contributed by atoms with E-state index in [4.69, 9.17) is 4.74 Å². The van der Waals surface area contributed by atoms with Gasteiger partial charge in [-0.3, -0.25) is 14.5 Å². The van der Waals surface area contributed by atoms with Gasteiger partial charge in [0.2, 0.25) is 0 Å². The van der Waals surface area contributed by atoms with Crippen LogP contribution in [0.15, 0.2) is 54.6 Å². The fourth-order valence-corrected chi connectivity index (χ4v) is 2.50. The molecule has 2 aromatic rings. The number of carbonyl (C=O) groups excluding carboxylic acids is 3. The van der Waals surface area contributed by atoms with Crippen molar-refractivity contribution in [1.29, 1.82) is 0 Å². The maximum absolute atomic E-state index is 13.0. The van der Waals surface area contributed by atoms with Gasteiger partial charge in [0.15, 0.2) is 0 Å². The van der Waals surface area contributed by atoms with Crippen LogP contribution in [0.4, 0.5) is 4.39 Å². The van der Waals surface area contributed by atoms with Gasteiger partial charge in [0.05, 0.1) is 17.7 Å². The van der Waals surface area contributed by atoms with Crippen LogP contribution in [-0.4, -0.2) is 35.8 Å². The fourth-order valence-electron chi connectivity index (χ4n) is 2.50. The minimum Gasteiger partial charge on any atom is -0.461 e. The monoisotopic (exact) mass is 339 g/mol. The summed E-state index contributed by atoms with van der Waals surface area (Å²) in [6.07, 6.45) is 2.59. The molecule has 0 N–H and O–H groups in total. The normalized spacial score (nSPS) is 13.4. The zero-order chi connectivity index (χ0) is 17.8. The fraction of sp³-hybridized carbons (Fsp3) is 0.105. The van der Waals surface area contributed by atoms with Crippen LogP contribution in [-0.2, 0) is 9.53 Å². The first-order chi connectivity index (χ1) is 12.1. The third-order valence-electron chi connectivity index (χ3n) is 3.70. The van der Waals surface area contributed by atoms with E-state index in [9.17, 15) is 18.8 Å². The van der Waals surface area contributed by atoms with E-state index >= 15 is 0 Å². The topological polar surface area (TPSA) is 63.7 Å². The number of hydrogen-bond acceptors (Lipinski definition) is 4. The number of benzene rings is 2. The molecule has 0 aromatic heterocycles. The molecule has 0 radical (unpaired) electrons. The number of halogens is 1. The zero-order valence-corrected chi connectivity index (χ0v) is 13.1. The van der Waals surface area contributed by atoms with E-state index in [2.05, 4.69) is 0 Å². The number of esters is 1. The lowest BCUT2D eigenvalue weighted by Crippen LogP contribution is -2.33. The van der Waals surface area contributed by atoms with E-state index in [1.807, 2.05) is 0 Å². The van der Waals surface area contributed by atoms with Crippen LogP contribution in [0.3, 0.4) is 0 Å². The summed E-state index contributed by atoms with van der Waals surface area (Å²) in [4.78, 5) is 37.0. The predicted molar refractivity (Wildman–Crippen MR) is 88.2 cm³/mol. The Morgan fingerprint density at radius 3 is 2.36 bits per heavy atom. The molecule has 0 atom stereocenters. The van der Waals surface area contributed by atoms with Gasteiger partial charge in [-0.1, -0.05) is 24.3 Å². The van der Waals surface area contributed by atoms with E-state index in [0.717, 1.165) is 11.0 Å². The van der Waals surface area contributed by atoms with Crippen LogP contribution in [0.5, 0.6) is 0 Å². The average Bonchev–Trinajstić information content (AvgIpc) is 2.85. The van der Waals surface area contributed by atoms with Gasteiger partial charge in [0.1, 0.15) is 12.4 Å². The molecular formula is C19H14FNO4. The molecule has 1 aliphatic rings. The lowest BCUT2D eigenvalue weighted by molar-refractivity contribution is -0.137. The second-order valence-corrected chi connectivity index (χ2v) is 5.36. The van der Waals surface area contributed by atoms with Crippen molar-refractivity contribution in [2.45, 2.75) is 0 Å². The second kappa shape index (κ2) is 7.09. The lowest BCUT2D eigenvalue weighted by atomic mass is 10.1. The Labute approximate surface area is 143 Å². The Balaban J connectivity index is 1.53. The van der Waals surface area contributed by atoms with Gasteiger partial charge in [-0.15, -0.1) is 0 Å². The zero-order valence-electron chi connectivity index (χ0n) is 13.1. The number of ether oxygens (including phenoxy) is 1. The Bertz CT molecular complexity index is 840. The van der Waals surface area contributed by atoms with Gasteiger partial charge in [0.25, 0.3) is 11.8 Å². The molecule has 0 aliphatic carbocycles. The number of amides is 2. The first kappa shape index (κ1) is 16.6. The number of hydrogen-bond donors (Lipinski definition) is 0. The lowest BCUT2D eigenvalue weighted by Gasteiger charge is -2.13. The summed E-state index contributed by atoms with van der Waals surface area (Å²) >= 11 is 0. The molecule has 0 saturated heterocycles. The average molecular weight is 339 g/mol. The molecular weight excluding hydrogens is 325 g/mol. The van der Waals surface area contributed by atoms with Crippen molar-refractivity contribution in [2.75, 3.05) is 13.2 Å². The highest BCUT2D eigenvalue weighted by Crippen LogP contribution is 2.21. The van der Waals surface area contributed by atoms with E-state index in [1.54, 1.807) is 30.3 Å². The van der Waals surface area contributed by atoms with Gasteiger partial charge in [-0.05, 0) is 35.9 Å². The molecule has 3 rings (SSSR count). The first-order valence-corrected chi connectivity index (χ1v) is 7.62. The summed E-state index contributed by atoms with van der Waals surface area (Å²) < 4.78 is 18.0. The molecule has 1 heterocycles. The molecule has 0 saturated carbocycles. The SMILES string of the molecule is O=C(C=Cc1cccc(F)c1)OCCN1C(=O)c2ccccc2C1=O. The summed E-state index contributed by atoms with van der Waals surface area (Å²) in [5.41, 5.74) is 1.23. The maximum Gasteiger partial charge on any atom is 0.330 e. The van der Waals surface area contributed by atoms with Gasteiger partial charge < -0.3 is 4.74 Å². The summed E-state index contributed by atoms with van der Waals surface area (Å²) in [6.45, 7) is -0.135. The number of nitrogens with zero attached hydrogens (tertiary/aromatic N) is 1. The molecule has 25 heavy (non-hydrogen) atoms. The van der Waals surface area contributed by atoms with Crippen molar-refractivity contribution in [3.8, 4) is 0 Å². The van der Waals surface area contributed by atoms with Gasteiger partial charge >= 0.3 is 5.97 Å². The Morgan fingerprint density at radius 2 is 1.72 bits per heavy atom. The summed E-state index contributed by atoms with van der Waals surface area (Å²) in [5, 5.41) is 0. The molecule has 2 aromatic carbocycles. The number of carbonyl (C=O) groups is 3. The van der Waals surface area contributed by atoms with Crippen molar-refractivity contribution < 1.29 is 23.5 Å². The van der Waals surface area contributed by atoms with E-state index in [0.29, 0.717) is 16.7 Å². The van der Waals surface area contributed by atoms with Gasteiger partial charge in [-0.25, -0.2) is 9.18 Å².